The number of esters is 1. The average Bonchev–Trinajstić information content (AvgIpc) is 3.03. The van der Waals surface area contributed by atoms with Crippen LogP contribution in [0.25, 0.3) is 0 Å². The first kappa shape index (κ1) is 18.6. The van der Waals surface area contributed by atoms with E-state index in [1.807, 2.05) is 6.92 Å². The first-order valence-electron chi connectivity index (χ1n) is 7.69. The molecule has 0 unspecified atom stereocenters. The molecule has 0 aromatic carbocycles. The van der Waals surface area contributed by atoms with Crippen molar-refractivity contribution in [3.8, 4) is 0 Å². The van der Waals surface area contributed by atoms with Crippen LogP contribution in [0.1, 0.15) is 30.6 Å². The zero-order valence-corrected chi connectivity index (χ0v) is 15.3. The van der Waals surface area contributed by atoms with Crippen LogP contribution >= 0.6 is 23.1 Å². The summed E-state index contributed by atoms with van der Waals surface area (Å²) in [7, 11) is 0. The van der Waals surface area contributed by atoms with Gasteiger partial charge in [0.1, 0.15) is 5.03 Å². The smallest absolute Gasteiger partial charge is 0.339 e. The second kappa shape index (κ2) is 10.2. The number of anilines is 1. The molecule has 0 saturated heterocycles. The second-order valence-electron chi connectivity index (χ2n) is 4.56. The Morgan fingerprint density at radius 1 is 1.29 bits per heavy atom. The van der Waals surface area contributed by atoms with Crippen molar-refractivity contribution < 1.29 is 14.3 Å². The Labute approximate surface area is 149 Å². The van der Waals surface area contributed by atoms with E-state index in [1.54, 1.807) is 19.1 Å². The summed E-state index contributed by atoms with van der Waals surface area (Å²) in [6.07, 6.45) is 2.43. The molecule has 24 heavy (non-hydrogen) atoms. The summed E-state index contributed by atoms with van der Waals surface area (Å²) in [6.45, 7) is 6.37. The monoisotopic (exact) mass is 368 g/mol. The third-order valence-corrected chi connectivity index (χ3v) is 4.67. The summed E-state index contributed by atoms with van der Waals surface area (Å²) in [6, 6.07) is 3.47. The molecule has 0 saturated carbocycles. The standard InChI is InChI=1S/C15H20N4O3S2/c1-3-21-9-5-8-16-14-18-19-15(24-14)23-12-7-6-11(10-17-12)13(20)22-4-2/h6-7,10H,3-5,8-9H2,1-2H3,(H,16,18). The van der Waals surface area contributed by atoms with Crippen molar-refractivity contribution in [2.24, 2.45) is 0 Å². The molecule has 1 N–H and O–H groups in total. The van der Waals surface area contributed by atoms with E-state index in [9.17, 15) is 4.79 Å². The molecule has 0 atom stereocenters. The predicted octanol–water partition coefficient (Wildman–Crippen LogP) is 3.10. The molecule has 2 heterocycles. The fourth-order valence-corrected chi connectivity index (χ4v) is 3.37. The van der Waals surface area contributed by atoms with E-state index in [4.69, 9.17) is 9.47 Å². The number of carbonyl (C=O) groups is 1. The number of nitrogens with one attached hydrogen (secondary N) is 1. The highest BCUT2D eigenvalue weighted by atomic mass is 32.2. The molecule has 0 spiro atoms. The van der Waals surface area contributed by atoms with E-state index >= 15 is 0 Å². The molecule has 0 aliphatic carbocycles. The number of ether oxygens (including phenoxy) is 2. The summed E-state index contributed by atoms with van der Waals surface area (Å²) in [5, 5.41) is 13.0. The van der Waals surface area contributed by atoms with E-state index < -0.39 is 0 Å². The van der Waals surface area contributed by atoms with Crippen LogP contribution in [-0.4, -0.2) is 47.5 Å². The highest BCUT2D eigenvalue weighted by Crippen LogP contribution is 2.30. The Morgan fingerprint density at radius 3 is 2.88 bits per heavy atom. The van der Waals surface area contributed by atoms with Crippen molar-refractivity contribution in [3.05, 3.63) is 23.9 Å². The van der Waals surface area contributed by atoms with Crippen LogP contribution in [0, 0.1) is 0 Å². The molecule has 0 amide bonds. The predicted molar refractivity (Wildman–Crippen MR) is 93.8 cm³/mol. The van der Waals surface area contributed by atoms with Gasteiger partial charge in [-0.1, -0.05) is 11.3 Å². The Hall–Kier alpha value is -1.71. The van der Waals surface area contributed by atoms with Crippen LogP contribution in [0.3, 0.4) is 0 Å². The number of aromatic nitrogens is 3. The molecule has 0 radical (unpaired) electrons. The number of nitrogens with zero attached hydrogens (tertiary/aromatic N) is 3. The topological polar surface area (TPSA) is 86.2 Å². The summed E-state index contributed by atoms with van der Waals surface area (Å²) < 4.78 is 11.0. The van der Waals surface area contributed by atoms with E-state index in [-0.39, 0.29) is 5.97 Å². The van der Waals surface area contributed by atoms with Crippen molar-refractivity contribution in [2.75, 3.05) is 31.7 Å². The van der Waals surface area contributed by atoms with Gasteiger partial charge in [0.05, 0.1) is 12.2 Å². The van der Waals surface area contributed by atoms with E-state index in [0.29, 0.717) is 12.2 Å². The lowest BCUT2D eigenvalue weighted by atomic mass is 10.3. The van der Waals surface area contributed by atoms with Crippen molar-refractivity contribution in [3.63, 3.8) is 0 Å². The molecule has 0 fully saturated rings. The van der Waals surface area contributed by atoms with Gasteiger partial charge in [0.2, 0.25) is 5.13 Å². The first-order valence-corrected chi connectivity index (χ1v) is 9.32. The van der Waals surface area contributed by atoms with Crippen LogP contribution in [0.15, 0.2) is 27.7 Å². The van der Waals surface area contributed by atoms with Crippen LogP contribution < -0.4 is 5.32 Å². The van der Waals surface area contributed by atoms with Crippen molar-refractivity contribution >= 4 is 34.2 Å². The number of rotatable bonds is 10. The van der Waals surface area contributed by atoms with Crippen molar-refractivity contribution in [1.82, 2.24) is 15.2 Å². The van der Waals surface area contributed by atoms with E-state index in [0.717, 1.165) is 40.7 Å². The van der Waals surface area contributed by atoms with Gasteiger partial charge in [-0.15, -0.1) is 10.2 Å². The molecule has 0 aliphatic rings. The number of pyridine rings is 1. The average molecular weight is 368 g/mol. The molecule has 7 nitrogen and oxygen atoms in total. The lowest BCUT2D eigenvalue weighted by Gasteiger charge is -2.02. The van der Waals surface area contributed by atoms with Crippen molar-refractivity contribution in [1.29, 1.82) is 0 Å². The van der Waals surface area contributed by atoms with E-state index in [2.05, 4.69) is 20.5 Å². The van der Waals surface area contributed by atoms with E-state index in [1.165, 1.54) is 29.3 Å². The minimum atomic E-state index is -0.365. The van der Waals surface area contributed by atoms with Gasteiger partial charge >= 0.3 is 5.97 Å². The van der Waals surface area contributed by atoms with Gasteiger partial charge < -0.3 is 14.8 Å². The summed E-state index contributed by atoms with van der Waals surface area (Å²) in [4.78, 5) is 15.8. The largest absolute Gasteiger partial charge is 0.462 e. The van der Waals surface area contributed by atoms with Crippen LogP contribution in [0.5, 0.6) is 0 Å². The van der Waals surface area contributed by atoms with Gasteiger partial charge in [-0.2, -0.15) is 0 Å². The molecule has 2 aromatic rings. The zero-order valence-electron chi connectivity index (χ0n) is 13.7. The number of hydrogen-bond acceptors (Lipinski definition) is 9. The highest BCUT2D eigenvalue weighted by Gasteiger charge is 2.09. The normalized spacial score (nSPS) is 10.6. The number of hydrogen-bond donors (Lipinski definition) is 1. The SMILES string of the molecule is CCOCCCNc1nnc(Sc2ccc(C(=O)OCC)cn2)s1. The first-order chi connectivity index (χ1) is 11.7. The van der Waals surface area contributed by atoms with Gasteiger partial charge in [-0.3, -0.25) is 0 Å². The minimum Gasteiger partial charge on any atom is -0.462 e. The van der Waals surface area contributed by atoms with Gasteiger partial charge in [0.25, 0.3) is 0 Å². The summed E-state index contributed by atoms with van der Waals surface area (Å²) in [5.41, 5.74) is 0.440. The maximum absolute atomic E-state index is 11.6. The van der Waals surface area contributed by atoms with Crippen LogP contribution in [-0.2, 0) is 9.47 Å². The minimum absolute atomic E-state index is 0.348. The summed E-state index contributed by atoms with van der Waals surface area (Å²) in [5.74, 6) is -0.365. The number of carbonyl (C=O) groups excluding carboxylic acids is 1. The van der Waals surface area contributed by atoms with Crippen LogP contribution in [0.2, 0.25) is 0 Å². The molecule has 2 rings (SSSR count). The van der Waals surface area contributed by atoms with Gasteiger partial charge in [-0.25, -0.2) is 9.78 Å². The lowest BCUT2D eigenvalue weighted by molar-refractivity contribution is 0.0525. The third-order valence-electron chi connectivity index (χ3n) is 2.79. The molecular weight excluding hydrogens is 348 g/mol. The zero-order chi connectivity index (χ0) is 17.2. The van der Waals surface area contributed by atoms with Crippen LogP contribution in [0.4, 0.5) is 5.13 Å². The van der Waals surface area contributed by atoms with Gasteiger partial charge in [0, 0.05) is 26.0 Å². The molecule has 130 valence electrons. The Balaban J connectivity index is 1.82. The Bertz CT molecular complexity index is 634. The highest BCUT2D eigenvalue weighted by molar-refractivity contribution is 8.01. The molecule has 0 bridgehead atoms. The van der Waals surface area contributed by atoms with Gasteiger partial charge in [0.15, 0.2) is 4.34 Å². The fraction of sp³-hybridized carbons (Fsp3) is 0.467. The molecular formula is C15H20N4O3S2. The Morgan fingerprint density at radius 2 is 2.17 bits per heavy atom. The summed E-state index contributed by atoms with van der Waals surface area (Å²) >= 11 is 2.87. The molecule has 2 aromatic heterocycles. The quantitative estimate of drug-likeness (QED) is 0.506. The second-order valence-corrected chi connectivity index (χ2v) is 6.80. The molecule has 0 aliphatic heterocycles. The third kappa shape index (κ3) is 6.06. The maximum Gasteiger partial charge on any atom is 0.339 e. The van der Waals surface area contributed by atoms with Crippen molar-refractivity contribution in [2.45, 2.75) is 29.6 Å². The molecule has 9 heteroatoms. The maximum atomic E-state index is 11.6. The lowest BCUT2D eigenvalue weighted by Crippen LogP contribution is -2.05. The fourth-order valence-electron chi connectivity index (χ4n) is 1.70. The van der Waals surface area contributed by atoms with Gasteiger partial charge in [-0.05, 0) is 44.2 Å². The Kier molecular flexibility index (Phi) is 7.93.